The summed E-state index contributed by atoms with van der Waals surface area (Å²) in [6.07, 6.45) is -14.5. The third-order valence-electron chi connectivity index (χ3n) is 2.50. The Kier molecular flexibility index (Phi) is 5.78. The second kappa shape index (κ2) is 5.98. The van der Waals surface area contributed by atoms with Crippen LogP contribution in [0.1, 0.15) is 33.1 Å². The molecule has 1 nitrogen and oxygen atoms in total. The zero-order valence-corrected chi connectivity index (χ0v) is 10.5. The van der Waals surface area contributed by atoms with E-state index >= 15 is 0 Å². The van der Waals surface area contributed by atoms with Crippen LogP contribution in [0.15, 0.2) is 0 Å². The molecule has 1 atom stereocenters. The third kappa shape index (κ3) is 3.50. The van der Waals surface area contributed by atoms with Crippen molar-refractivity contribution >= 4 is 0 Å². The number of hydrogen-bond acceptors (Lipinski definition) is 1. The summed E-state index contributed by atoms with van der Waals surface area (Å²) >= 11 is 0. The summed E-state index contributed by atoms with van der Waals surface area (Å²) in [6.45, 7) is 2.73. The Hall–Kier alpha value is -0.670. The van der Waals surface area contributed by atoms with Gasteiger partial charge in [0, 0.05) is 0 Å². The van der Waals surface area contributed by atoms with Gasteiger partial charge in [-0.1, -0.05) is 20.3 Å². The first kappa shape index (κ1) is 19.3. The Morgan fingerprint density at radius 1 is 0.800 bits per heavy atom. The highest BCUT2D eigenvalue weighted by molar-refractivity contribution is 4.97. The van der Waals surface area contributed by atoms with E-state index in [1.54, 1.807) is 0 Å². The Morgan fingerprint density at radius 2 is 1.25 bits per heavy atom. The van der Waals surface area contributed by atoms with E-state index in [1.807, 2.05) is 0 Å². The Morgan fingerprint density at radius 3 is 1.55 bits per heavy atom. The van der Waals surface area contributed by atoms with Crippen LogP contribution in [-0.4, -0.2) is 30.2 Å². The van der Waals surface area contributed by atoms with Crippen molar-refractivity contribution in [3.63, 3.8) is 0 Å². The molecule has 122 valence electrons. The first-order valence-corrected chi connectivity index (χ1v) is 5.62. The van der Waals surface area contributed by atoms with Crippen molar-refractivity contribution in [1.29, 1.82) is 0 Å². The van der Waals surface area contributed by atoms with E-state index < -0.39 is 30.2 Å². The summed E-state index contributed by atoms with van der Waals surface area (Å²) in [5.41, 5.74) is 0. The van der Waals surface area contributed by atoms with E-state index in [1.165, 1.54) is 13.8 Å². The molecule has 0 radical (unpaired) electrons. The lowest BCUT2D eigenvalue weighted by atomic mass is 10.1. The number of ether oxygens (including phenoxy) is 1. The van der Waals surface area contributed by atoms with E-state index in [0.29, 0.717) is 0 Å². The fraction of sp³-hybridized carbons (Fsp3) is 1.00. The predicted octanol–water partition coefficient (Wildman–Crippen LogP) is 5.01. The monoisotopic (exact) mass is 320 g/mol. The van der Waals surface area contributed by atoms with Crippen LogP contribution in [0.2, 0.25) is 0 Å². The third-order valence-corrected chi connectivity index (χ3v) is 2.50. The molecule has 0 aromatic heterocycles. The number of rotatable bonds is 7. The molecule has 0 N–H and O–H groups in total. The van der Waals surface area contributed by atoms with Gasteiger partial charge in [-0.3, -0.25) is 0 Å². The molecule has 20 heavy (non-hydrogen) atoms. The molecule has 0 aliphatic heterocycles. The van der Waals surface area contributed by atoms with Gasteiger partial charge in [0.05, 0.1) is 6.10 Å². The Bertz CT molecular complexity index is 310. The lowest BCUT2D eigenvalue weighted by molar-refractivity contribution is -0.450. The minimum absolute atomic E-state index is 0.181. The van der Waals surface area contributed by atoms with Gasteiger partial charge in [-0.25, -0.2) is 0 Å². The van der Waals surface area contributed by atoms with Gasteiger partial charge in [-0.05, 0) is 12.8 Å². The molecule has 0 saturated heterocycles. The summed E-state index contributed by atoms with van der Waals surface area (Å²) in [7, 11) is 0. The maximum absolute atomic E-state index is 13.0. The predicted molar refractivity (Wildman–Crippen MR) is 51.0 cm³/mol. The lowest BCUT2D eigenvalue weighted by Gasteiger charge is -2.34. The summed E-state index contributed by atoms with van der Waals surface area (Å²) in [5, 5.41) is 0. The average molecular weight is 320 g/mol. The first-order chi connectivity index (χ1) is 8.74. The molecule has 0 spiro atoms. The summed E-state index contributed by atoms with van der Waals surface area (Å²) in [6, 6.07) is 0. The van der Waals surface area contributed by atoms with Crippen LogP contribution in [0.25, 0.3) is 0 Å². The number of alkyl halides is 9. The standard InChI is InChI=1S/C10H13F9O/c1-3-5-6(4-2)20-10(18,19)8(13,14)7(11,12)9(15,16)17/h6H,3-5H2,1-2H3. The molecule has 0 heterocycles. The minimum Gasteiger partial charge on any atom is -0.312 e. The van der Waals surface area contributed by atoms with Crippen LogP contribution in [0.4, 0.5) is 39.5 Å². The van der Waals surface area contributed by atoms with Gasteiger partial charge in [0.2, 0.25) is 0 Å². The van der Waals surface area contributed by atoms with Crippen molar-refractivity contribution in [3.8, 4) is 0 Å². The average Bonchev–Trinajstić information content (AvgIpc) is 2.26. The zero-order chi connectivity index (χ0) is 16.4. The van der Waals surface area contributed by atoms with E-state index in [-0.39, 0.29) is 19.3 Å². The molecule has 10 heteroatoms. The zero-order valence-electron chi connectivity index (χ0n) is 10.5. The quantitative estimate of drug-likeness (QED) is 0.599. The molecule has 0 rings (SSSR count). The molecule has 0 aliphatic carbocycles. The molecule has 1 unspecified atom stereocenters. The Balaban J connectivity index is 5.35. The van der Waals surface area contributed by atoms with Gasteiger partial charge < -0.3 is 4.74 Å². The molecule has 0 bridgehead atoms. The summed E-state index contributed by atoms with van der Waals surface area (Å²) < 4.78 is 116. The first-order valence-electron chi connectivity index (χ1n) is 5.62. The SMILES string of the molecule is CCCC(CC)OC(F)(F)C(F)(F)C(F)(F)C(F)(F)F. The van der Waals surface area contributed by atoms with Gasteiger partial charge in [-0.15, -0.1) is 0 Å². The smallest absolute Gasteiger partial charge is 0.312 e. The molecule has 0 aromatic rings. The molecule has 0 fully saturated rings. The van der Waals surface area contributed by atoms with Gasteiger partial charge in [0.25, 0.3) is 0 Å². The van der Waals surface area contributed by atoms with Crippen molar-refractivity contribution < 1.29 is 44.3 Å². The van der Waals surface area contributed by atoms with Crippen molar-refractivity contribution in [2.24, 2.45) is 0 Å². The minimum atomic E-state index is -6.91. The van der Waals surface area contributed by atoms with Gasteiger partial charge in [-0.2, -0.15) is 39.5 Å². The summed E-state index contributed by atoms with van der Waals surface area (Å²) in [4.78, 5) is 0. The fourth-order valence-electron chi connectivity index (χ4n) is 1.31. The molecular weight excluding hydrogens is 307 g/mol. The van der Waals surface area contributed by atoms with E-state index in [2.05, 4.69) is 4.74 Å². The molecule has 0 amide bonds. The van der Waals surface area contributed by atoms with Gasteiger partial charge >= 0.3 is 24.1 Å². The molecule has 0 aromatic carbocycles. The lowest BCUT2D eigenvalue weighted by Crippen LogP contribution is -2.62. The highest BCUT2D eigenvalue weighted by Crippen LogP contribution is 2.53. The number of halogens is 9. The second-order valence-corrected chi connectivity index (χ2v) is 4.10. The fourth-order valence-corrected chi connectivity index (χ4v) is 1.31. The van der Waals surface area contributed by atoms with Crippen LogP contribution in [0.3, 0.4) is 0 Å². The van der Waals surface area contributed by atoms with Crippen molar-refractivity contribution in [2.45, 2.75) is 63.3 Å². The van der Waals surface area contributed by atoms with Crippen LogP contribution in [-0.2, 0) is 4.74 Å². The normalized spacial score (nSPS) is 16.4. The van der Waals surface area contributed by atoms with Crippen LogP contribution in [0, 0.1) is 0 Å². The van der Waals surface area contributed by atoms with Crippen molar-refractivity contribution in [2.75, 3.05) is 0 Å². The van der Waals surface area contributed by atoms with Gasteiger partial charge in [0.1, 0.15) is 0 Å². The highest BCUT2D eigenvalue weighted by atomic mass is 19.4. The maximum Gasteiger partial charge on any atom is 0.460 e. The Labute approximate surface area is 109 Å². The van der Waals surface area contributed by atoms with Gasteiger partial charge in [0.15, 0.2) is 0 Å². The van der Waals surface area contributed by atoms with Crippen LogP contribution >= 0.6 is 0 Å². The van der Waals surface area contributed by atoms with Crippen molar-refractivity contribution in [1.82, 2.24) is 0 Å². The van der Waals surface area contributed by atoms with E-state index in [9.17, 15) is 39.5 Å². The topological polar surface area (TPSA) is 9.23 Å². The van der Waals surface area contributed by atoms with E-state index in [4.69, 9.17) is 0 Å². The molecule has 0 saturated carbocycles. The number of hydrogen-bond donors (Lipinski definition) is 0. The highest BCUT2D eigenvalue weighted by Gasteiger charge is 2.83. The molecule has 0 aliphatic rings. The summed E-state index contributed by atoms with van der Waals surface area (Å²) in [5.74, 6) is -13.6. The van der Waals surface area contributed by atoms with Crippen molar-refractivity contribution in [3.05, 3.63) is 0 Å². The van der Waals surface area contributed by atoms with Crippen LogP contribution < -0.4 is 0 Å². The largest absolute Gasteiger partial charge is 0.460 e. The second-order valence-electron chi connectivity index (χ2n) is 4.10. The molecular formula is C10H13F9O. The maximum atomic E-state index is 13.0. The van der Waals surface area contributed by atoms with Crippen LogP contribution in [0.5, 0.6) is 0 Å². The van der Waals surface area contributed by atoms with E-state index in [0.717, 1.165) is 0 Å².